The van der Waals surface area contributed by atoms with E-state index in [9.17, 15) is 9.59 Å². The van der Waals surface area contributed by atoms with Gasteiger partial charge in [-0.1, -0.05) is 24.3 Å². The van der Waals surface area contributed by atoms with Crippen molar-refractivity contribution in [2.24, 2.45) is 5.41 Å². The second-order valence-electron chi connectivity index (χ2n) is 4.90. The number of hydrogen-bond acceptors (Lipinski definition) is 4. The topological polar surface area (TPSA) is 52.6 Å². The zero-order valence-corrected chi connectivity index (χ0v) is 10.6. The number of carbonyl (C=O) groups excluding carboxylic acids is 2. The second kappa shape index (κ2) is 4.73. The molecule has 0 aromatic carbocycles. The van der Waals surface area contributed by atoms with Crippen molar-refractivity contribution in [2.45, 2.75) is 32.8 Å². The van der Waals surface area contributed by atoms with Crippen molar-refractivity contribution >= 4 is 11.9 Å². The average Bonchev–Trinajstić information content (AvgIpc) is 2.26. The molecular weight excluding hydrogens is 220 g/mol. The molecule has 0 heterocycles. The van der Waals surface area contributed by atoms with Gasteiger partial charge in [0.2, 0.25) is 5.41 Å². The van der Waals surface area contributed by atoms with Crippen LogP contribution in [0.4, 0.5) is 0 Å². The predicted octanol–water partition coefficient (Wildman–Crippen LogP) is 2.00. The monoisotopic (exact) mass is 238 g/mol. The molecule has 0 unspecified atom stereocenters. The van der Waals surface area contributed by atoms with Crippen LogP contribution in [-0.4, -0.2) is 24.6 Å². The first-order valence-corrected chi connectivity index (χ1v) is 5.49. The van der Waals surface area contributed by atoms with E-state index in [0.717, 1.165) is 0 Å². The molecule has 0 aliphatic heterocycles. The van der Waals surface area contributed by atoms with Crippen molar-refractivity contribution in [1.29, 1.82) is 0 Å². The molecule has 0 aromatic heterocycles. The normalized spacial score (nSPS) is 17.6. The number of hydrogen-bond donors (Lipinski definition) is 0. The van der Waals surface area contributed by atoms with Gasteiger partial charge in [-0.2, -0.15) is 0 Å². The molecule has 1 rings (SSSR count). The summed E-state index contributed by atoms with van der Waals surface area (Å²) in [5.41, 5.74) is -2.07. The van der Waals surface area contributed by atoms with Gasteiger partial charge in [0, 0.05) is 0 Å². The van der Waals surface area contributed by atoms with Crippen LogP contribution in [0.3, 0.4) is 0 Å². The van der Waals surface area contributed by atoms with Gasteiger partial charge >= 0.3 is 11.9 Å². The molecule has 0 radical (unpaired) electrons. The summed E-state index contributed by atoms with van der Waals surface area (Å²) in [6.45, 7) is 5.27. The first-order chi connectivity index (χ1) is 7.82. The zero-order valence-electron chi connectivity index (χ0n) is 10.6. The van der Waals surface area contributed by atoms with Crippen LogP contribution in [0.1, 0.15) is 27.2 Å². The highest BCUT2D eigenvalue weighted by Crippen LogP contribution is 2.30. The van der Waals surface area contributed by atoms with Gasteiger partial charge in [-0.3, -0.25) is 9.59 Å². The molecule has 0 amide bonds. The zero-order chi connectivity index (χ0) is 13.1. The van der Waals surface area contributed by atoms with Crippen LogP contribution in [0.15, 0.2) is 24.3 Å². The van der Waals surface area contributed by atoms with Crippen molar-refractivity contribution in [3.8, 4) is 0 Å². The van der Waals surface area contributed by atoms with Crippen molar-refractivity contribution in [2.75, 3.05) is 7.11 Å². The Kier molecular flexibility index (Phi) is 3.76. The molecule has 0 saturated heterocycles. The highest BCUT2D eigenvalue weighted by atomic mass is 16.6. The predicted molar refractivity (Wildman–Crippen MR) is 63.2 cm³/mol. The summed E-state index contributed by atoms with van der Waals surface area (Å²) >= 11 is 0. The van der Waals surface area contributed by atoms with Crippen molar-refractivity contribution < 1.29 is 19.1 Å². The summed E-state index contributed by atoms with van der Waals surface area (Å²) in [4.78, 5) is 23.9. The Hall–Kier alpha value is -1.58. The van der Waals surface area contributed by atoms with E-state index in [1.165, 1.54) is 19.3 Å². The smallest absolute Gasteiger partial charge is 0.331 e. The van der Waals surface area contributed by atoms with Gasteiger partial charge in [0.25, 0.3) is 0 Å². The van der Waals surface area contributed by atoms with Crippen molar-refractivity contribution in [1.82, 2.24) is 0 Å². The minimum absolute atomic E-state index is 0.607. The summed E-state index contributed by atoms with van der Waals surface area (Å²) in [6.07, 6.45) is 7.27. The summed E-state index contributed by atoms with van der Waals surface area (Å²) in [5.74, 6) is -1.23. The fraction of sp³-hybridized carbons (Fsp3) is 0.538. The van der Waals surface area contributed by atoms with Gasteiger partial charge in [-0.25, -0.2) is 0 Å². The van der Waals surface area contributed by atoms with Crippen molar-refractivity contribution in [3.05, 3.63) is 24.3 Å². The first kappa shape index (κ1) is 13.5. The molecule has 0 bridgehead atoms. The standard InChI is InChI=1S/C13H18O4/c1-12(2,3)17-11(15)13(10(14)16-4)8-6-5-7-9-13/h6-9H,5H2,1-4H3. The van der Waals surface area contributed by atoms with E-state index >= 15 is 0 Å². The van der Waals surface area contributed by atoms with Crippen molar-refractivity contribution in [3.63, 3.8) is 0 Å². The third-order valence-corrected chi connectivity index (χ3v) is 2.29. The molecule has 0 saturated carbocycles. The molecule has 0 atom stereocenters. The van der Waals surface area contributed by atoms with Crippen LogP contribution in [0, 0.1) is 5.41 Å². The fourth-order valence-electron chi connectivity index (χ4n) is 1.53. The van der Waals surface area contributed by atoms with E-state index in [0.29, 0.717) is 6.42 Å². The highest BCUT2D eigenvalue weighted by Gasteiger charge is 2.46. The minimum atomic E-state index is -1.43. The van der Waals surface area contributed by atoms with E-state index in [2.05, 4.69) is 4.74 Å². The largest absolute Gasteiger partial charge is 0.468 e. The minimum Gasteiger partial charge on any atom is -0.468 e. The second-order valence-corrected chi connectivity index (χ2v) is 4.90. The first-order valence-electron chi connectivity index (χ1n) is 5.49. The lowest BCUT2D eigenvalue weighted by Gasteiger charge is -2.28. The molecule has 1 aliphatic carbocycles. The number of carbonyl (C=O) groups is 2. The maximum Gasteiger partial charge on any atom is 0.331 e. The maximum absolute atomic E-state index is 12.1. The van der Waals surface area contributed by atoms with E-state index in [4.69, 9.17) is 4.74 Å². The number of methoxy groups -OCH3 is 1. The Morgan fingerprint density at radius 3 is 2.06 bits per heavy atom. The van der Waals surface area contributed by atoms with Crippen LogP contribution in [0.2, 0.25) is 0 Å². The molecule has 0 aromatic rings. The molecular formula is C13H18O4. The molecule has 1 aliphatic rings. The van der Waals surface area contributed by atoms with E-state index in [1.54, 1.807) is 32.9 Å². The molecule has 0 spiro atoms. The van der Waals surface area contributed by atoms with Crippen LogP contribution >= 0.6 is 0 Å². The number of ether oxygens (including phenoxy) is 2. The van der Waals surface area contributed by atoms with Crippen LogP contribution in [0.5, 0.6) is 0 Å². The Morgan fingerprint density at radius 2 is 1.65 bits per heavy atom. The molecule has 0 N–H and O–H groups in total. The van der Waals surface area contributed by atoms with Gasteiger partial charge in [0.05, 0.1) is 7.11 Å². The van der Waals surface area contributed by atoms with Crippen LogP contribution < -0.4 is 0 Å². The Balaban J connectivity index is 3.04. The fourth-order valence-corrected chi connectivity index (χ4v) is 1.53. The molecule has 4 heteroatoms. The summed E-state index contributed by atoms with van der Waals surface area (Å²) in [6, 6.07) is 0. The van der Waals surface area contributed by atoms with Gasteiger partial charge in [0.15, 0.2) is 0 Å². The lowest BCUT2D eigenvalue weighted by atomic mass is 9.84. The SMILES string of the molecule is COC(=O)C1(C(=O)OC(C)(C)C)C=CCC=C1. The number of allylic oxidation sites excluding steroid dienone is 2. The number of esters is 2. The summed E-state index contributed by atoms with van der Waals surface area (Å²) in [7, 11) is 1.25. The summed E-state index contributed by atoms with van der Waals surface area (Å²) in [5, 5.41) is 0. The Morgan fingerprint density at radius 1 is 1.12 bits per heavy atom. The quantitative estimate of drug-likeness (QED) is 0.419. The molecule has 94 valence electrons. The van der Waals surface area contributed by atoms with Gasteiger partial charge < -0.3 is 9.47 Å². The van der Waals surface area contributed by atoms with Gasteiger partial charge in [0.1, 0.15) is 5.60 Å². The summed E-state index contributed by atoms with van der Waals surface area (Å²) < 4.78 is 9.95. The average molecular weight is 238 g/mol. The maximum atomic E-state index is 12.1. The number of rotatable bonds is 2. The molecule has 0 fully saturated rings. The third-order valence-electron chi connectivity index (χ3n) is 2.29. The Labute approximate surface area is 101 Å². The van der Waals surface area contributed by atoms with Crippen LogP contribution in [0.25, 0.3) is 0 Å². The Bertz CT molecular complexity index is 359. The molecule has 17 heavy (non-hydrogen) atoms. The highest BCUT2D eigenvalue weighted by molar-refractivity contribution is 6.04. The molecule has 4 nitrogen and oxygen atoms in total. The lowest BCUT2D eigenvalue weighted by Crippen LogP contribution is -2.42. The lowest BCUT2D eigenvalue weighted by molar-refractivity contribution is -0.171. The third kappa shape index (κ3) is 2.96. The van der Waals surface area contributed by atoms with E-state index < -0.39 is 23.0 Å². The van der Waals surface area contributed by atoms with E-state index in [1.807, 2.05) is 0 Å². The van der Waals surface area contributed by atoms with Gasteiger partial charge in [-0.15, -0.1) is 0 Å². The van der Waals surface area contributed by atoms with Gasteiger partial charge in [-0.05, 0) is 27.2 Å². The van der Waals surface area contributed by atoms with Crippen LogP contribution in [-0.2, 0) is 19.1 Å². The van der Waals surface area contributed by atoms with E-state index in [-0.39, 0.29) is 0 Å².